The van der Waals surface area contributed by atoms with Gasteiger partial charge in [0, 0.05) is 18.4 Å². The maximum absolute atomic E-state index is 14.3. The van der Waals surface area contributed by atoms with E-state index in [0.717, 1.165) is 96.4 Å². The van der Waals surface area contributed by atoms with Crippen LogP contribution in [0, 0.1) is 56.7 Å². The molecule has 0 aromatic heterocycles. The molecule has 0 aromatic rings. The molecule has 0 saturated heterocycles. The minimum atomic E-state index is -0.700. The van der Waals surface area contributed by atoms with E-state index in [9.17, 15) is 19.5 Å². The molecular weight excluding hydrogens is 586 g/mol. The van der Waals surface area contributed by atoms with E-state index in [2.05, 4.69) is 53.4 Å². The molecule has 0 aromatic carbocycles. The molecule has 0 radical (unpaired) electrons. The van der Waals surface area contributed by atoms with Crippen molar-refractivity contribution in [3.05, 3.63) is 24.0 Å². The molecule has 6 heteroatoms. The summed E-state index contributed by atoms with van der Waals surface area (Å²) < 4.78 is 0. The van der Waals surface area contributed by atoms with Gasteiger partial charge < -0.3 is 15.5 Å². The number of aliphatic hydroxyl groups is 1. The fourth-order valence-electron chi connectivity index (χ4n) is 12.9. The van der Waals surface area contributed by atoms with Crippen LogP contribution in [0.25, 0.3) is 0 Å². The second kappa shape index (κ2) is 13.3. The van der Waals surface area contributed by atoms with Gasteiger partial charge >= 0.3 is 5.97 Å². The molecule has 9 atom stereocenters. The maximum Gasteiger partial charge on any atom is 0.303 e. The van der Waals surface area contributed by atoms with Crippen molar-refractivity contribution >= 4 is 17.7 Å². The molecule has 4 saturated carbocycles. The standard InChI is InChI=1S/C41H65NO5/c1-27(2)28-19-22-41(36(47)42-25-15-13-11-9-8-10-12-14-16-33(44)45)24-23-39(6)29(34(28)41)17-18-32-38(5)26-30(43)35(46)37(3,4)31(38)20-21-40(32,39)7/h26,28-29,31-32,34,43H,1,8-25H2,2-7H3,(H,42,47)(H,44,45)/t28-,29?,31?,32+,34?,38-,39+,40+,41-/m0/s1. The van der Waals surface area contributed by atoms with Gasteiger partial charge in [0.05, 0.1) is 5.41 Å². The highest BCUT2D eigenvalue weighted by Gasteiger charge is 2.71. The van der Waals surface area contributed by atoms with Crippen molar-refractivity contribution in [1.29, 1.82) is 0 Å². The van der Waals surface area contributed by atoms with E-state index >= 15 is 0 Å². The van der Waals surface area contributed by atoms with E-state index in [-0.39, 0.29) is 51.4 Å². The lowest BCUT2D eigenvalue weighted by molar-refractivity contribution is -0.219. The van der Waals surface area contributed by atoms with Gasteiger partial charge in [-0.1, -0.05) is 85.3 Å². The first-order valence-electron chi connectivity index (χ1n) is 19.2. The molecule has 3 unspecified atom stereocenters. The van der Waals surface area contributed by atoms with Crippen molar-refractivity contribution in [3.8, 4) is 0 Å². The smallest absolute Gasteiger partial charge is 0.303 e. The van der Waals surface area contributed by atoms with Gasteiger partial charge in [-0.3, -0.25) is 14.4 Å². The van der Waals surface area contributed by atoms with Crippen LogP contribution in [0.1, 0.15) is 151 Å². The Hall–Kier alpha value is -2.11. The number of carbonyl (C=O) groups excluding carboxylic acids is 2. The van der Waals surface area contributed by atoms with Crippen molar-refractivity contribution in [2.24, 2.45) is 56.7 Å². The zero-order valence-electron chi connectivity index (χ0n) is 30.5. The molecule has 47 heavy (non-hydrogen) atoms. The van der Waals surface area contributed by atoms with Crippen LogP contribution in [0.4, 0.5) is 0 Å². The van der Waals surface area contributed by atoms with Crippen LogP contribution >= 0.6 is 0 Å². The monoisotopic (exact) mass is 651 g/mol. The van der Waals surface area contributed by atoms with Gasteiger partial charge in [-0.2, -0.15) is 0 Å². The van der Waals surface area contributed by atoms with Gasteiger partial charge in [-0.15, -0.1) is 0 Å². The summed E-state index contributed by atoms with van der Waals surface area (Å²) >= 11 is 0. The van der Waals surface area contributed by atoms with Gasteiger partial charge in [0.15, 0.2) is 5.76 Å². The Morgan fingerprint density at radius 1 is 0.830 bits per heavy atom. The SMILES string of the molecule is C=C(C)[C@@H]1CC[C@]2(C(=O)NCCCCCCCCCCC(=O)O)CC[C@]3(C)C(CC[C@@H]4[C@@]5(C)C=C(O)C(=O)C(C)(C)C5CC[C@]43C)C12. The minimum Gasteiger partial charge on any atom is -0.505 e. The fraction of sp³-hybridized carbons (Fsp3) is 0.829. The van der Waals surface area contributed by atoms with Gasteiger partial charge in [-0.05, 0) is 123 Å². The van der Waals surface area contributed by atoms with Crippen LogP contribution in [-0.2, 0) is 14.4 Å². The number of aliphatic hydroxyl groups excluding tert-OH is 1. The second-order valence-electron chi connectivity index (χ2n) is 18.0. The molecule has 4 fully saturated rings. The second-order valence-corrected chi connectivity index (χ2v) is 18.0. The van der Waals surface area contributed by atoms with E-state index in [1.165, 1.54) is 18.4 Å². The van der Waals surface area contributed by atoms with Crippen LogP contribution in [0.15, 0.2) is 24.0 Å². The number of Topliss-reactive ketones (excluding diaryl/α,β-unsaturated/α-hetero) is 1. The predicted molar refractivity (Wildman–Crippen MR) is 188 cm³/mol. The molecule has 0 spiro atoms. The molecule has 264 valence electrons. The van der Waals surface area contributed by atoms with Crippen molar-refractivity contribution in [2.75, 3.05) is 6.54 Å². The summed E-state index contributed by atoms with van der Waals surface area (Å²) in [6.07, 6.45) is 19.0. The number of unbranched alkanes of at least 4 members (excludes halogenated alkanes) is 7. The lowest BCUT2D eigenvalue weighted by Gasteiger charge is -2.71. The average Bonchev–Trinajstić information content (AvgIpc) is 3.40. The van der Waals surface area contributed by atoms with E-state index in [0.29, 0.717) is 23.7 Å². The van der Waals surface area contributed by atoms with E-state index in [4.69, 9.17) is 5.11 Å². The number of carbonyl (C=O) groups is 3. The Balaban J connectivity index is 1.27. The summed E-state index contributed by atoms with van der Waals surface area (Å²) in [6, 6.07) is 0. The highest BCUT2D eigenvalue weighted by atomic mass is 16.4. The molecule has 0 aliphatic heterocycles. The summed E-state index contributed by atoms with van der Waals surface area (Å²) in [5.74, 6) is 1.22. The van der Waals surface area contributed by atoms with Crippen LogP contribution < -0.4 is 5.32 Å². The largest absolute Gasteiger partial charge is 0.505 e. The Kier molecular flexibility index (Phi) is 10.2. The summed E-state index contributed by atoms with van der Waals surface area (Å²) in [6.45, 7) is 18.9. The lowest BCUT2D eigenvalue weighted by atomic mass is 9.33. The Morgan fingerprint density at radius 3 is 2.11 bits per heavy atom. The normalized spacial score (nSPS) is 40.3. The van der Waals surface area contributed by atoms with Gasteiger partial charge in [0.1, 0.15) is 0 Å². The zero-order valence-corrected chi connectivity index (χ0v) is 30.5. The van der Waals surface area contributed by atoms with Crippen LogP contribution in [0.3, 0.4) is 0 Å². The first-order valence-corrected chi connectivity index (χ1v) is 19.2. The van der Waals surface area contributed by atoms with E-state index in [1.54, 1.807) is 0 Å². The topological polar surface area (TPSA) is 104 Å². The van der Waals surface area contributed by atoms with Crippen LogP contribution in [0.5, 0.6) is 0 Å². The molecule has 0 heterocycles. The maximum atomic E-state index is 14.3. The van der Waals surface area contributed by atoms with E-state index < -0.39 is 11.4 Å². The Labute approximate surface area is 285 Å². The van der Waals surface area contributed by atoms with Gasteiger partial charge in [0.25, 0.3) is 0 Å². The molecule has 0 bridgehead atoms. The van der Waals surface area contributed by atoms with Crippen molar-refractivity contribution < 1.29 is 24.6 Å². The molecular formula is C41H65NO5. The van der Waals surface area contributed by atoms with Gasteiger partial charge in [-0.25, -0.2) is 0 Å². The highest BCUT2D eigenvalue weighted by Crippen LogP contribution is 2.77. The summed E-state index contributed by atoms with van der Waals surface area (Å²) in [4.78, 5) is 38.1. The highest BCUT2D eigenvalue weighted by molar-refractivity contribution is 5.98. The number of fused-ring (bicyclic) bond motifs is 7. The molecule has 5 rings (SSSR count). The third-order valence-electron chi connectivity index (χ3n) is 15.4. The third kappa shape index (κ3) is 5.94. The number of carboxylic acid groups (broad SMARTS) is 1. The number of ketones is 1. The van der Waals surface area contributed by atoms with Crippen molar-refractivity contribution in [2.45, 2.75) is 151 Å². The van der Waals surface area contributed by atoms with Crippen molar-refractivity contribution in [3.63, 3.8) is 0 Å². The van der Waals surface area contributed by atoms with Crippen LogP contribution in [-0.4, -0.2) is 34.4 Å². The lowest BCUT2D eigenvalue weighted by Crippen LogP contribution is -2.66. The average molecular weight is 652 g/mol. The number of allylic oxidation sites excluding steroid dienone is 3. The molecule has 5 aliphatic rings. The van der Waals surface area contributed by atoms with Crippen LogP contribution in [0.2, 0.25) is 0 Å². The summed E-state index contributed by atoms with van der Waals surface area (Å²) in [5.41, 5.74) is 0.282. The van der Waals surface area contributed by atoms with Crippen molar-refractivity contribution in [1.82, 2.24) is 5.32 Å². The number of hydrogen-bond acceptors (Lipinski definition) is 4. The number of hydrogen-bond donors (Lipinski definition) is 3. The number of carboxylic acids is 1. The summed E-state index contributed by atoms with van der Waals surface area (Å²) in [5, 5.41) is 23.2. The first kappa shape index (κ1) is 36.2. The molecule has 6 nitrogen and oxygen atoms in total. The fourth-order valence-corrected chi connectivity index (χ4v) is 12.9. The molecule has 5 aliphatic carbocycles. The molecule has 3 N–H and O–H groups in total. The quantitative estimate of drug-likeness (QED) is 0.136. The number of amides is 1. The summed E-state index contributed by atoms with van der Waals surface area (Å²) in [7, 11) is 0. The number of aliphatic carboxylic acids is 1. The minimum absolute atomic E-state index is 0.0317. The van der Waals surface area contributed by atoms with E-state index in [1.807, 2.05) is 6.08 Å². The van der Waals surface area contributed by atoms with Gasteiger partial charge in [0.2, 0.25) is 11.7 Å². The Morgan fingerprint density at radius 2 is 1.47 bits per heavy atom. The Bertz CT molecular complexity index is 1270. The third-order valence-corrected chi connectivity index (χ3v) is 15.4. The number of rotatable bonds is 13. The first-order chi connectivity index (χ1) is 22.1. The predicted octanol–water partition coefficient (Wildman–Crippen LogP) is 9.59. The number of nitrogens with one attached hydrogen (secondary N) is 1. The molecule has 1 amide bonds. The zero-order chi connectivity index (χ0) is 34.4.